The molecule has 0 fully saturated rings. The van der Waals surface area contributed by atoms with E-state index in [0.29, 0.717) is 31.9 Å². The molecule has 2 aromatic rings. The second kappa shape index (κ2) is 7.51. The smallest absolute Gasteiger partial charge is 0.220 e. The number of carbonyl (C=O) groups excluding carboxylic acids is 1. The van der Waals surface area contributed by atoms with Gasteiger partial charge in [-0.3, -0.25) is 4.79 Å². The number of aromatic nitrogens is 1. The predicted molar refractivity (Wildman–Crippen MR) is 91.1 cm³/mol. The molecular weight excluding hydrogens is 304 g/mol. The van der Waals surface area contributed by atoms with E-state index in [9.17, 15) is 4.79 Å². The third-order valence-electron chi connectivity index (χ3n) is 4.64. The number of para-hydroxylation sites is 1. The number of nitrogens with one attached hydrogen (secondary N) is 1. The molecule has 3 rings (SSSR count). The minimum atomic E-state index is 0.0773. The van der Waals surface area contributed by atoms with Gasteiger partial charge in [0, 0.05) is 18.5 Å². The fraction of sp³-hybridized carbons (Fsp3) is 0.474. The molecule has 0 aliphatic carbocycles. The first kappa shape index (κ1) is 16.6. The molecule has 1 aromatic heterocycles. The highest BCUT2D eigenvalue weighted by atomic mass is 16.5. The normalized spacial score (nSPS) is 16.8. The number of hydrogen-bond donors (Lipinski definition) is 1. The number of hydrogen-bond acceptors (Lipinski definition) is 4. The second-order valence-electron chi connectivity index (χ2n) is 6.42. The quantitative estimate of drug-likeness (QED) is 0.916. The van der Waals surface area contributed by atoms with Crippen LogP contribution in [0.2, 0.25) is 0 Å². The lowest BCUT2D eigenvalue weighted by atomic mass is 9.97. The zero-order chi connectivity index (χ0) is 16.9. The average molecular weight is 328 g/mol. The Kier molecular flexibility index (Phi) is 5.18. The van der Waals surface area contributed by atoms with E-state index in [1.54, 1.807) is 0 Å². The fourth-order valence-corrected chi connectivity index (χ4v) is 3.18. The SMILES string of the molecule is Cc1noc(C)c1CCC(=O)NC[C@@H]1CCOc2ccccc2C1. The van der Waals surface area contributed by atoms with Gasteiger partial charge in [0.1, 0.15) is 11.5 Å². The van der Waals surface area contributed by atoms with Gasteiger partial charge in [-0.1, -0.05) is 23.4 Å². The summed E-state index contributed by atoms with van der Waals surface area (Å²) in [6.45, 7) is 5.19. The van der Waals surface area contributed by atoms with Crippen molar-refractivity contribution in [3.8, 4) is 5.75 Å². The number of carbonyl (C=O) groups is 1. The van der Waals surface area contributed by atoms with Crippen molar-refractivity contribution in [2.75, 3.05) is 13.2 Å². The van der Waals surface area contributed by atoms with Crippen LogP contribution in [0.3, 0.4) is 0 Å². The number of benzene rings is 1. The third-order valence-corrected chi connectivity index (χ3v) is 4.64. The molecule has 0 unspecified atom stereocenters. The predicted octanol–water partition coefficient (Wildman–Crippen LogP) is 2.98. The number of amides is 1. The van der Waals surface area contributed by atoms with Gasteiger partial charge in [0.2, 0.25) is 5.91 Å². The Labute approximate surface area is 142 Å². The Morgan fingerprint density at radius 2 is 2.17 bits per heavy atom. The van der Waals surface area contributed by atoms with Crippen LogP contribution in [-0.2, 0) is 17.6 Å². The molecule has 128 valence electrons. The van der Waals surface area contributed by atoms with Gasteiger partial charge >= 0.3 is 0 Å². The number of ether oxygens (including phenoxy) is 1. The summed E-state index contributed by atoms with van der Waals surface area (Å²) in [5.74, 6) is 2.27. The Morgan fingerprint density at radius 1 is 1.33 bits per heavy atom. The lowest BCUT2D eigenvalue weighted by molar-refractivity contribution is -0.121. The van der Waals surface area contributed by atoms with Crippen molar-refractivity contribution in [3.05, 3.63) is 46.8 Å². The van der Waals surface area contributed by atoms with Gasteiger partial charge in [-0.05, 0) is 50.7 Å². The lowest BCUT2D eigenvalue weighted by Crippen LogP contribution is -2.30. The average Bonchev–Trinajstić information content (AvgIpc) is 2.79. The molecule has 0 bridgehead atoms. The van der Waals surface area contributed by atoms with E-state index in [1.807, 2.05) is 32.0 Å². The van der Waals surface area contributed by atoms with Gasteiger partial charge in [0.25, 0.3) is 0 Å². The summed E-state index contributed by atoms with van der Waals surface area (Å²) in [5.41, 5.74) is 3.14. The zero-order valence-electron chi connectivity index (χ0n) is 14.3. The number of rotatable bonds is 5. The van der Waals surface area contributed by atoms with Crippen LogP contribution in [0.4, 0.5) is 0 Å². The lowest BCUT2D eigenvalue weighted by Gasteiger charge is -2.14. The molecule has 1 atom stereocenters. The molecule has 0 saturated heterocycles. The Hall–Kier alpha value is -2.30. The Balaban J connectivity index is 1.48. The third kappa shape index (κ3) is 3.96. The summed E-state index contributed by atoms with van der Waals surface area (Å²) in [4.78, 5) is 12.1. The molecule has 1 aromatic carbocycles. The van der Waals surface area contributed by atoms with E-state index in [2.05, 4.69) is 16.5 Å². The van der Waals surface area contributed by atoms with Crippen LogP contribution in [0.5, 0.6) is 5.75 Å². The molecule has 5 nitrogen and oxygen atoms in total. The van der Waals surface area contributed by atoms with E-state index >= 15 is 0 Å². The highest BCUT2D eigenvalue weighted by Gasteiger charge is 2.18. The minimum absolute atomic E-state index is 0.0773. The molecule has 0 radical (unpaired) electrons. The van der Waals surface area contributed by atoms with Gasteiger partial charge in [-0.15, -0.1) is 0 Å². The molecule has 1 aliphatic heterocycles. The molecule has 1 N–H and O–H groups in total. The van der Waals surface area contributed by atoms with Crippen LogP contribution in [-0.4, -0.2) is 24.2 Å². The van der Waals surface area contributed by atoms with Gasteiger partial charge in [0.15, 0.2) is 0 Å². The highest BCUT2D eigenvalue weighted by molar-refractivity contribution is 5.76. The maximum Gasteiger partial charge on any atom is 0.220 e. The van der Waals surface area contributed by atoms with E-state index < -0.39 is 0 Å². The first-order valence-electron chi connectivity index (χ1n) is 8.52. The van der Waals surface area contributed by atoms with Crippen LogP contribution in [0.25, 0.3) is 0 Å². The maximum absolute atomic E-state index is 12.1. The number of fused-ring (bicyclic) bond motifs is 1. The van der Waals surface area contributed by atoms with Crippen molar-refractivity contribution in [2.45, 2.75) is 39.5 Å². The van der Waals surface area contributed by atoms with Gasteiger partial charge < -0.3 is 14.6 Å². The second-order valence-corrected chi connectivity index (χ2v) is 6.42. The monoisotopic (exact) mass is 328 g/mol. The number of aryl methyl sites for hydroxylation is 2. The minimum Gasteiger partial charge on any atom is -0.493 e. The summed E-state index contributed by atoms with van der Waals surface area (Å²) in [7, 11) is 0. The summed E-state index contributed by atoms with van der Waals surface area (Å²) < 4.78 is 10.9. The first-order chi connectivity index (χ1) is 11.6. The van der Waals surface area contributed by atoms with E-state index in [-0.39, 0.29) is 5.91 Å². The van der Waals surface area contributed by atoms with Gasteiger partial charge in [-0.2, -0.15) is 0 Å². The highest BCUT2D eigenvalue weighted by Crippen LogP contribution is 2.26. The van der Waals surface area contributed by atoms with Crippen molar-refractivity contribution in [1.82, 2.24) is 10.5 Å². The Morgan fingerprint density at radius 3 is 2.96 bits per heavy atom. The summed E-state index contributed by atoms with van der Waals surface area (Å²) in [6.07, 6.45) is 3.03. The molecular formula is C19H24N2O3. The molecule has 1 aliphatic rings. The van der Waals surface area contributed by atoms with Crippen LogP contribution >= 0.6 is 0 Å². The summed E-state index contributed by atoms with van der Waals surface area (Å²) in [5, 5.41) is 6.99. The van der Waals surface area contributed by atoms with Crippen molar-refractivity contribution < 1.29 is 14.1 Å². The first-order valence-corrected chi connectivity index (χ1v) is 8.52. The van der Waals surface area contributed by atoms with Crippen molar-refractivity contribution in [1.29, 1.82) is 0 Å². The summed E-state index contributed by atoms with van der Waals surface area (Å²) in [6, 6.07) is 8.15. The Bertz CT molecular complexity index is 689. The van der Waals surface area contributed by atoms with E-state index in [0.717, 1.165) is 35.6 Å². The number of nitrogens with zero attached hydrogens (tertiary/aromatic N) is 1. The van der Waals surface area contributed by atoms with Crippen molar-refractivity contribution in [3.63, 3.8) is 0 Å². The van der Waals surface area contributed by atoms with Crippen LogP contribution in [0, 0.1) is 19.8 Å². The summed E-state index contributed by atoms with van der Waals surface area (Å²) >= 11 is 0. The fourth-order valence-electron chi connectivity index (χ4n) is 3.18. The molecule has 2 heterocycles. The van der Waals surface area contributed by atoms with Crippen molar-refractivity contribution in [2.24, 2.45) is 5.92 Å². The standard InChI is InChI=1S/C19H24N2O3/c1-13-17(14(2)24-21-13)7-8-19(22)20-12-15-9-10-23-18-6-4-3-5-16(18)11-15/h3-6,15H,7-12H2,1-2H3,(H,20,22)/t15-/m1/s1. The van der Waals surface area contributed by atoms with Crippen LogP contribution < -0.4 is 10.1 Å². The van der Waals surface area contributed by atoms with Crippen LogP contribution in [0.15, 0.2) is 28.8 Å². The van der Waals surface area contributed by atoms with Crippen molar-refractivity contribution >= 4 is 5.91 Å². The van der Waals surface area contributed by atoms with E-state index in [4.69, 9.17) is 9.26 Å². The molecule has 5 heteroatoms. The topological polar surface area (TPSA) is 64.4 Å². The zero-order valence-corrected chi connectivity index (χ0v) is 14.3. The molecule has 0 spiro atoms. The maximum atomic E-state index is 12.1. The van der Waals surface area contributed by atoms with Gasteiger partial charge in [0.05, 0.1) is 12.3 Å². The van der Waals surface area contributed by atoms with Gasteiger partial charge in [-0.25, -0.2) is 0 Å². The molecule has 1 amide bonds. The molecule has 24 heavy (non-hydrogen) atoms. The van der Waals surface area contributed by atoms with Crippen LogP contribution in [0.1, 0.15) is 35.4 Å². The molecule has 0 saturated carbocycles. The van der Waals surface area contributed by atoms with E-state index in [1.165, 1.54) is 5.56 Å². The largest absolute Gasteiger partial charge is 0.493 e.